The lowest BCUT2D eigenvalue weighted by Crippen LogP contribution is -2.45. The summed E-state index contributed by atoms with van der Waals surface area (Å²) in [6, 6.07) is 0.150. The summed E-state index contributed by atoms with van der Waals surface area (Å²) in [5, 5.41) is 7.23. The number of rotatable bonds is 6. The van der Waals surface area contributed by atoms with Gasteiger partial charge >= 0.3 is 0 Å². The van der Waals surface area contributed by atoms with Gasteiger partial charge in [-0.05, 0) is 30.7 Å². The third-order valence-electron chi connectivity index (χ3n) is 4.22. The van der Waals surface area contributed by atoms with Crippen LogP contribution in [0.1, 0.15) is 44.1 Å². The molecule has 1 aliphatic carbocycles. The van der Waals surface area contributed by atoms with Crippen molar-refractivity contribution >= 4 is 30.7 Å². The molecule has 1 aromatic heterocycles. The van der Waals surface area contributed by atoms with Crippen LogP contribution in [0.25, 0.3) is 0 Å². The van der Waals surface area contributed by atoms with Crippen LogP contribution in [-0.2, 0) is 18.3 Å². The molecule has 0 aliphatic heterocycles. The van der Waals surface area contributed by atoms with Crippen molar-refractivity contribution in [3.63, 3.8) is 0 Å². The Morgan fingerprint density at radius 2 is 2.09 bits per heavy atom. The number of nitrogens with two attached hydrogens (primary N) is 1. The maximum absolute atomic E-state index is 12.0. The summed E-state index contributed by atoms with van der Waals surface area (Å²) in [7, 11) is 1.89. The zero-order valence-corrected chi connectivity index (χ0v) is 14.8. The van der Waals surface area contributed by atoms with Crippen molar-refractivity contribution in [2.75, 3.05) is 6.54 Å². The number of hydrogen-bond donors (Lipinski definition) is 2. The Kier molecular flexibility index (Phi) is 10.5. The molecule has 1 unspecified atom stereocenters. The molecule has 128 valence electrons. The Morgan fingerprint density at radius 1 is 1.41 bits per heavy atom. The van der Waals surface area contributed by atoms with Gasteiger partial charge in [0.1, 0.15) is 0 Å². The third kappa shape index (κ3) is 6.55. The molecular formula is C15H28Cl2N4O. The van der Waals surface area contributed by atoms with Gasteiger partial charge in [0.2, 0.25) is 5.91 Å². The van der Waals surface area contributed by atoms with Crippen LogP contribution in [0.4, 0.5) is 0 Å². The van der Waals surface area contributed by atoms with E-state index in [2.05, 4.69) is 10.4 Å². The molecule has 1 saturated carbocycles. The highest BCUT2D eigenvalue weighted by atomic mass is 35.5. The molecule has 1 amide bonds. The van der Waals surface area contributed by atoms with Gasteiger partial charge in [-0.3, -0.25) is 9.48 Å². The molecule has 1 atom stereocenters. The number of carbonyl (C=O) groups is 1. The van der Waals surface area contributed by atoms with Gasteiger partial charge in [-0.2, -0.15) is 5.10 Å². The number of aromatic nitrogens is 2. The Hall–Kier alpha value is -0.780. The first-order valence-corrected chi connectivity index (χ1v) is 7.66. The molecule has 1 aliphatic rings. The van der Waals surface area contributed by atoms with E-state index in [4.69, 9.17) is 5.73 Å². The van der Waals surface area contributed by atoms with Crippen molar-refractivity contribution in [1.82, 2.24) is 15.1 Å². The maximum Gasteiger partial charge on any atom is 0.220 e. The van der Waals surface area contributed by atoms with Gasteiger partial charge in [0.15, 0.2) is 0 Å². The van der Waals surface area contributed by atoms with E-state index >= 15 is 0 Å². The molecule has 0 spiro atoms. The van der Waals surface area contributed by atoms with Crippen molar-refractivity contribution in [3.05, 3.63) is 18.0 Å². The smallest absolute Gasteiger partial charge is 0.220 e. The average molecular weight is 351 g/mol. The molecule has 7 heteroatoms. The van der Waals surface area contributed by atoms with Gasteiger partial charge in [0.25, 0.3) is 0 Å². The van der Waals surface area contributed by atoms with E-state index in [-0.39, 0.29) is 36.8 Å². The number of hydrogen-bond acceptors (Lipinski definition) is 3. The van der Waals surface area contributed by atoms with E-state index in [0.717, 1.165) is 12.0 Å². The molecule has 1 fully saturated rings. The minimum atomic E-state index is 0. The van der Waals surface area contributed by atoms with E-state index < -0.39 is 0 Å². The second-order valence-electron chi connectivity index (χ2n) is 5.83. The van der Waals surface area contributed by atoms with E-state index in [1.165, 1.54) is 32.1 Å². The Morgan fingerprint density at radius 3 is 2.64 bits per heavy atom. The van der Waals surface area contributed by atoms with Crippen molar-refractivity contribution in [3.8, 4) is 0 Å². The lowest BCUT2D eigenvalue weighted by Gasteiger charge is -2.30. The van der Waals surface area contributed by atoms with E-state index in [0.29, 0.717) is 18.9 Å². The second-order valence-corrected chi connectivity index (χ2v) is 5.83. The van der Waals surface area contributed by atoms with Crippen LogP contribution in [0.3, 0.4) is 0 Å². The van der Waals surface area contributed by atoms with Crippen LogP contribution in [0.5, 0.6) is 0 Å². The molecule has 22 heavy (non-hydrogen) atoms. The van der Waals surface area contributed by atoms with Crippen molar-refractivity contribution in [2.45, 2.75) is 51.0 Å². The van der Waals surface area contributed by atoms with Crippen LogP contribution >= 0.6 is 24.8 Å². The lowest BCUT2D eigenvalue weighted by molar-refractivity contribution is -0.122. The van der Waals surface area contributed by atoms with Gasteiger partial charge in [-0.1, -0.05) is 19.3 Å². The summed E-state index contributed by atoms with van der Waals surface area (Å²) in [6.45, 7) is 0.545. The number of nitrogens with one attached hydrogen (secondary N) is 1. The third-order valence-corrected chi connectivity index (χ3v) is 4.22. The topological polar surface area (TPSA) is 72.9 Å². The SMILES string of the molecule is Cl.Cl.Cn1cc(CCC(=O)NC(CN)C2CCCCC2)cn1. The molecule has 0 bridgehead atoms. The first-order chi connectivity index (χ1) is 9.69. The number of halogens is 2. The minimum Gasteiger partial charge on any atom is -0.352 e. The lowest BCUT2D eigenvalue weighted by atomic mass is 9.84. The standard InChI is InChI=1S/C15H26N4O.2ClH/c1-19-11-12(10-17-19)7-8-15(20)18-14(9-16)13-5-3-2-4-6-13;;/h10-11,13-14H,2-9,16H2,1H3,(H,18,20);2*1H. The van der Waals surface area contributed by atoms with Crippen LogP contribution in [0, 0.1) is 5.92 Å². The second kappa shape index (κ2) is 10.9. The molecule has 3 N–H and O–H groups in total. The molecule has 1 aromatic rings. The van der Waals surface area contributed by atoms with Crippen molar-refractivity contribution in [2.24, 2.45) is 18.7 Å². The molecule has 0 saturated heterocycles. The molecule has 0 aromatic carbocycles. The fourth-order valence-corrected chi connectivity index (χ4v) is 3.04. The number of aryl methyl sites for hydroxylation is 2. The Bertz CT molecular complexity index is 433. The monoisotopic (exact) mass is 350 g/mol. The molecule has 2 rings (SSSR count). The van der Waals surface area contributed by atoms with Crippen LogP contribution in [-0.4, -0.2) is 28.3 Å². The zero-order chi connectivity index (χ0) is 14.4. The first-order valence-electron chi connectivity index (χ1n) is 7.66. The number of nitrogens with zero attached hydrogens (tertiary/aromatic N) is 2. The van der Waals surface area contributed by atoms with Crippen molar-refractivity contribution < 1.29 is 4.79 Å². The Labute approximate surface area is 145 Å². The van der Waals surface area contributed by atoms with Gasteiger partial charge in [0.05, 0.1) is 6.20 Å². The van der Waals surface area contributed by atoms with Crippen LogP contribution in [0.2, 0.25) is 0 Å². The zero-order valence-electron chi connectivity index (χ0n) is 13.2. The summed E-state index contributed by atoms with van der Waals surface area (Å²) >= 11 is 0. The summed E-state index contributed by atoms with van der Waals surface area (Å²) in [5.74, 6) is 0.672. The van der Waals surface area contributed by atoms with Gasteiger partial charge < -0.3 is 11.1 Å². The van der Waals surface area contributed by atoms with Crippen molar-refractivity contribution in [1.29, 1.82) is 0 Å². The first kappa shape index (κ1) is 21.2. The van der Waals surface area contributed by atoms with E-state index in [1.54, 1.807) is 4.68 Å². The molecular weight excluding hydrogens is 323 g/mol. The predicted molar refractivity (Wildman–Crippen MR) is 93.6 cm³/mol. The summed E-state index contributed by atoms with van der Waals surface area (Å²) in [6.07, 6.45) is 11.3. The van der Waals surface area contributed by atoms with Gasteiger partial charge in [-0.15, -0.1) is 24.8 Å². The normalized spacial score (nSPS) is 16.3. The average Bonchev–Trinajstić information content (AvgIpc) is 2.89. The summed E-state index contributed by atoms with van der Waals surface area (Å²) in [4.78, 5) is 12.0. The van der Waals surface area contributed by atoms with Crippen LogP contribution < -0.4 is 11.1 Å². The predicted octanol–water partition coefficient (Wildman–Crippen LogP) is 2.22. The number of amides is 1. The van der Waals surface area contributed by atoms with Gasteiger partial charge in [0, 0.05) is 32.3 Å². The quantitative estimate of drug-likeness (QED) is 0.825. The summed E-state index contributed by atoms with van der Waals surface area (Å²) < 4.78 is 1.76. The molecule has 0 radical (unpaired) electrons. The molecule has 1 heterocycles. The van der Waals surface area contributed by atoms with E-state index in [1.807, 2.05) is 19.4 Å². The largest absolute Gasteiger partial charge is 0.352 e. The fourth-order valence-electron chi connectivity index (χ4n) is 3.04. The van der Waals surface area contributed by atoms with E-state index in [9.17, 15) is 4.79 Å². The fraction of sp³-hybridized carbons (Fsp3) is 0.733. The molecule has 5 nitrogen and oxygen atoms in total. The minimum absolute atomic E-state index is 0. The summed E-state index contributed by atoms with van der Waals surface area (Å²) in [5.41, 5.74) is 6.94. The highest BCUT2D eigenvalue weighted by Gasteiger charge is 2.23. The Balaban J connectivity index is 0.00000220. The highest BCUT2D eigenvalue weighted by molar-refractivity contribution is 5.85. The maximum atomic E-state index is 12.0. The highest BCUT2D eigenvalue weighted by Crippen LogP contribution is 2.26. The number of carbonyl (C=O) groups excluding carboxylic acids is 1. The van der Waals surface area contributed by atoms with Gasteiger partial charge in [-0.25, -0.2) is 0 Å². The van der Waals surface area contributed by atoms with Crippen LogP contribution in [0.15, 0.2) is 12.4 Å².